The summed E-state index contributed by atoms with van der Waals surface area (Å²) in [6, 6.07) is 5.64. The lowest BCUT2D eigenvalue weighted by molar-refractivity contribution is 0.112. The Morgan fingerprint density at radius 3 is 2.85 bits per heavy atom. The lowest BCUT2D eigenvalue weighted by Crippen LogP contribution is -1.84. The molecule has 0 atom stereocenters. The quantitative estimate of drug-likeness (QED) is 0.629. The molecule has 0 bridgehead atoms. The molecular weight excluding hydrogens is 250 g/mol. The summed E-state index contributed by atoms with van der Waals surface area (Å²) in [4.78, 5) is 11.2. The number of rotatable bonds is 1. The van der Waals surface area contributed by atoms with Gasteiger partial charge >= 0.3 is 0 Å². The van der Waals surface area contributed by atoms with E-state index in [1.54, 1.807) is 0 Å². The molecule has 2 aromatic rings. The lowest BCUT2D eigenvalue weighted by atomic mass is 10.2. The van der Waals surface area contributed by atoms with Gasteiger partial charge in [0, 0.05) is 14.9 Å². The van der Waals surface area contributed by atoms with Crippen molar-refractivity contribution in [1.82, 2.24) is 0 Å². The average molecular weight is 256 g/mol. The van der Waals surface area contributed by atoms with Gasteiger partial charge < -0.3 is 5.73 Å². The van der Waals surface area contributed by atoms with Gasteiger partial charge in [0.2, 0.25) is 0 Å². The third kappa shape index (κ3) is 1.47. The zero-order valence-electron chi connectivity index (χ0n) is 6.58. The van der Waals surface area contributed by atoms with Crippen molar-refractivity contribution in [3.63, 3.8) is 0 Å². The minimum Gasteiger partial charge on any atom is -0.398 e. The van der Waals surface area contributed by atoms with Gasteiger partial charge in [0.25, 0.3) is 0 Å². The number of aldehydes is 1. The Kier molecular flexibility index (Phi) is 2.09. The molecule has 0 radical (unpaired) electrons. The van der Waals surface area contributed by atoms with E-state index in [-0.39, 0.29) is 0 Å². The SMILES string of the molecule is Nc1cc2cc(C=O)sc2cc1Br. The Hall–Kier alpha value is -0.870. The van der Waals surface area contributed by atoms with Crippen molar-refractivity contribution in [2.24, 2.45) is 0 Å². The number of halogens is 1. The van der Waals surface area contributed by atoms with Crippen molar-refractivity contribution >= 4 is 49.3 Å². The summed E-state index contributed by atoms with van der Waals surface area (Å²) in [6.07, 6.45) is 0.856. The van der Waals surface area contributed by atoms with Gasteiger partial charge in [0.15, 0.2) is 6.29 Å². The lowest BCUT2D eigenvalue weighted by Gasteiger charge is -1.96. The van der Waals surface area contributed by atoms with E-state index in [9.17, 15) is 4.79 Å². The summed E-state index contributed by atoms with van der Waals surface area (Å²) in [7, 11) is 0. The van der Waals surface area contributed by atoms with E-state index >= 15 is 0 Å². The highest BCUT2D eigenvalue weighted by Crippen LogP contribution is 2.31. The van der Waals surface area contributed by atoms with Crippen molar-refractivity contribution in [3.05, 3.63) is 27.5 Å². The zero-order chi connectivity index (χ0) is 9.42. The van der Waals surface area contributed by atoms with E-state index in [1.807, 2.05) is 18.2 Å². The molecule has 0 amide bonds. The average Bonchev–Trinajstić information content (AvgIpc) is 2.48. The summed E-state index contributed by atoms with van der Waals surface area (Å²) in [5.74, 6) is 0. The maximum absolute atomic E-state index is 10.5. The fraction of sp³-hybridized carbons (Fsp3) is 0. The van der Waals surface area contributed by atoms with Crippen molar-refractivity contribution in [2.75, 3.05) is 5.73 Å². The van der Waals surface area contributed by atoms with Gasteiger partial charge in [-0.3, -0.25) is 4.79 Å². The van der Waals surface area contributed by atoms with Crippen LogP contribution in [0.2, 0.25) is 0 Å². The second-order valence-electron chi connectivity index (χ2n) is 2.68. The number of anilines is 1. The smallest absolute Gasteiger partial charge is 0.160 e. The fourth-order valence-electron chi connectivity index (χ4n) is 1.16. The van der Waals surface area contributed by atoms with E-state index in [4.69, 9.17) is 5.73 Å². The highest BCUT2D eigenvalue weighted by molar-refractivity contribution is 9.10. The largest absolute Gasteiger partial charge is 0.398 e. The summed E-state index contributed by atoms with van der Waals surface area (Å²) in [6.45, 7) is 0. The first kappa shape index (κ1) is 8.72. The van der Waals surface area contributed by atoms with Crippen LogP contribution in [-0.4, -0.2) is 6.29 Å². The summed E-state index contributed by atoms with van der Waals surface area (Å²) >= 11 is 4.81. The number of hydrogen-bond acceptors (Lipinski definition) is 3. The van der Waals surface area contributed by atoms with Gasteiger partial charge in [0.05, 0.1) is 4.88 Å². The molecule has 1 aromatic heterocycles. The van der Waals surface area contributed by atoms with E-state index in [0.29, 0.717) is 5.69 Å². The van der Waals surface area contributed by atoms with Crippen molar-refractivity contribution in [2.45, 2.75) is 0 Å². The minimum atomic E-state index is 0.697. The van der Waals surface area contributed by atoms with Crippen LogP contribution in [0.25, 0.3) is 10.1 Å². The maximum atomic E-state index is 10.5. The van der Waals surface area contributed by atoms with Crippen LogP contribution in [0, 0.1) is 0 Å². The second kappa shape index (κ2) is 3.12. The number of fused-ring (bicyclic) bond motifs is 1. The van der Waals surface area contributed by atoms with Gasteiger partial charge in [-0.15, -0.1) is 11.3 Å². The van der Waals surface area contributed by atoms with E-state index in [2.05, 4.69) is 15.9 Å². The molecule has 4 heteroatoms. The van der Waals surface area contributed by atoms with Crippen LogP contribution in [0.5, 0.6) is 0 Å². The van der Waals surface area contributed by atoms with Crippen LogP contribution in [0.1, 0.15) is 9.67 Å². The molecule has 0 saturated carbocycles. The first-order chi connectivity index (χ1) is 6.20. The molecule has 2 nitrogen and oxygen atoms in total. The normalized spacial score (nSPS) is 10.5. The highest BCUT2D eigenvalue weighted by Gasteiger charge is 2.03. The van der Waals surface area contributed by atoms with Crippen molar-refractivity contribution in [3.8, 4) is 0 Å². The van der Waals surface area contributed by atoms with Gasteiger partial charge in [-0.25, -0.2) is 0 Å². The van der Waals surface area contributed by atoms with Gasteiger partial charge in [0.1, 0.15) is 0 Å². The molecule has 0 aliphatic heterocycles. The molecule has 2 rings (SSSR count). The Morgan fingerprint density at radius 1 is 1.38 bits per heavy atom. The van der Waals surface area contributed by atoms with Crippen LogP contribution in [0.4, 0.5) is 5.69 Å². The molecule has 2 N–H and O–H groups in total. The Morgan fingerprint density at radius 2 is 2.15 bits per heavy atom. The monoisotopic (exact) mass is 255 g/mol. The zero-order valence-corrected chi connectivity index (χ0v) is 8.98. The number of carbonyl (C=O) groups excluding carboxylic acids is 1. The third-order valence-electron chi connectivity index (χ3n) is 1.77. The topological polar surface area (TPSA) is 43.1 Å². The minimum absolute atomic E-state index is 0.697. The van der Waals surface area contributed by atoms with Crippen LogP contribution < -0.4 is 5.73 Å². The Bertz CT molecular complexity index is 439. The number of carbonyl (C=O) groups is 1. The molecule has 0 unspecified atom stereocenters. The number of nitrogen functional groups attached to an aromatic ring is 1. The molecule has 13 heavy (non-hydrogen) atoms. The summed E-state index contributed by atoms with van der Waals surface area (Å²) < 4.78 is 1.95. The van der Waals surface area contributed by atoms with Crippen LogP contribution >= 0.6 is 27.3 Å². The van der Waals surface area contributed by atoms with E-state index < -0.39 is 0 Å². The molecule has 0 aliphatic rings. The van der Waals surface area contributed by atoms with Crippen LogP contribution in [0.3, 0.4) is 0 Å². The van der Waals surface area contributed by atoms with Gasteiger partial charge in [-0.2, -0.15) is 0 Å². The molecule has 1 heterocycles. The molecule has 66 valence electrons. The predicted octanol–water partition coefficient (Wildman–Crippen LogP) is 3.06. The second-order valence-corrected chi connectivity index (χ2v) is 4.65. The highest BCUT2D eigenvalue weighted by atomic mass is 79.9. The number of nitrogens with two attached hydrogens (primary N) is 1. The Balaban J connectivity index is 2.77. The predicted molar refractivity (Wildman–Crippen MR) is 59.3 cm³/mol. The molecule has 0 fully saturated rings. The van der Waals surface area contributed by atoms with E-state index in [0.717, 1.165) is 25.7 Å². The maximum Gasteiger partial charge on any atom is 0.160 e. The van der Waals surface area contributed by atoms with Crippen molar-refractivity contribution in [1.29, 1.82) is 0 Å². The molecular formula is C9H6BrNOS. The summed E-state index contributed by atoms with van der Waals surface area (Å²) in [5, 5.41) is 1.02. The fourth-order valence-corrected chi connectivity index (χ4v) is 2.55. The van der Waals surface area contributed by atoms with E-state index in [1.165, 1.54) is 11.3 Å². The summed E-state index contributed by atoms with van der Waals surface area (Å²) in [5.41, 5.74) is 6.40. The number of benzene rings is 1. The first-order valence-electron chi connectivity index (χ1n) is 3.64. The molecule has 0 aliphatic carbocycles. The Labute approximate surface area is 87.5 Å². The molecule has 0 saturated heterocycles. The van der Waals surface area contributed by atoms with Crippen LogP contribution in [-0.2, 0) is 0 Å². The molecule has 1 aromatic carbocycles. The third-order valence-corrected chi connectivity index (χ3v) is 3.48. The van der Waals surface area contributed by atoms with Crippen LogP contribution in [0.15, 0.2) is 22.7 Å². The number of hydrogen-bond donors (Lipinski definition) is 1. The standard InChI is InChI=1S/C9H6BrNOS/c10-7-3-9-5(2-8(7)11)1-6(4-12)13-9/h1-4H,11H2. The van der Waals surface area contributed by atoms with Gasteiger partial charge in [-0.05, 0) is 39.5 Å². The number of thiophene rings is 1. The molecule has 0 spiro atoms. The van der Waals surface area contributed by atoms with Crippen molar-refractivity contribution < 1.29 is 4.79 Å². The van der Waals surface area contributed by atoms with Gasteiger partial charge in [-0.1, -0.05) is 0 Å². The first-order valence-corrected chi connectivity index (χ1v) is 5.25.